The van der Waals surface area contributed by atoms with Crippen LogP contribution in [-0.4, -0.2) is 21.9 Å². The molecule has 5 nitrogen and oxygen atoms in total. The minimum absolute atomic E-state index is 0.0165. The lowest BCUT2D eigenvalue weighted by Gasteiger charge is -2.22. The van der Waals surface area contributed by atoms with E-state index in [2.05, 4.69) is 15.3 Å². The molecule has 1 aliphatic rings. The minimum atomic E-state index is -4.43. The molecule has 1 amide bonds. The number of nitrogens with zero attached hydrogens (tertiary/aromatic N) is 3. The molecule has 2 aromatic carbocycles. The van der Waals surface area contributed by atoms with E-state index in [4.69, 9.17) is 0 Å². The largest absolute Gasteiger partial charge is 0.416 e. The van der Waals surface area contributed by atoms with Crippen LogP contribution in [0.4, 0.5) is 30.5 Å². The average molecular weight is 398 g/mol. The van der Waals surface area contributed by atoms with Crippen molar-refractivity contribution in [3.63, 3.8) is 0 Å². The maximum Gasteiger partial charge on any atom is 0.416 e. The first-order valence-corrected chi connectivity index (χ1v) is 9.01. The normalized spacial score (nSPS) is 15.9. The number of halogens is 3. The fourth-order valence-corrected chi connectivity index (χ4v) is 3.42. The summed E-state index contributed by atoms with van der Waals surface area (Å²) in [5.74, 6) is -0.108. The van der Waals surface area contributed by atoms with Gasteiger partial charge in [-0.2, -0.15) is 13.2 Å². The van der Waals surface area contributed by atoms with Crippen molar-refractivity contribution in [1.82, 2.24) is 9.97 Å². The van der Waals surface area contributed by atoms with Gasteiger partial charge in [0.2, 0.25) is 5.95 Å². The van der Waals surface area contributed by atoms with Gasteiger partial charge in [-0.25, -0.2) is 9.97 Å². The molecule has 2 heterocycles. The van der Waals surface area contributed by atoms with Crippen molar-refractivity contribution in [2.75, 3.05) is 10.2 Å². The Bertz CT molecular complexity index is 1050. The zero-order valence-electron chi connectivity index (χ0n) is 15.4. The lowest BCUT2D eigenvalue weighted by Crippen LogP contribution is -2.35. The average Bonchev–Trinajstić information content (AvgIpc) is 3.03. The van der Waals surface area contributed by atoms with Crippen LogP contribution in [0.3, 0.4) is 0 Å². The highest BCUT2D eigenvalue weighted by atomic mass is 19.4. The Labute approximate surface area is 165 Å². The van der Waals surface area contributed by atoms with Crippen LogP contribution in [0.1, 0.15) is 28.4 Å². The van der Waals surface area contributed by atoms with E-state index in [1.54, 1.807) is 4.90 Å². The van der Waals surface area contributed by atoms with E-state index >= 15 is 0 Å². The van der Waals surface area contributed by atoms with Gasteiger partial charge in [0.15, 0.2) is 0 Å². The number of nitrogens with one attached hydrogen (secondary N) is 1. The molecule has 0 saturated carbocycles. The van der Waals surface area contributed by atoms with Crippen LogP contribution in [0.2, 0.25) is 0 Å². The third-order valence-electron chi connectivity index (χ3n) is 4.77. The molecule has 1 aromatic heterocycles. The summed E-state index contributed by atoms with van der Waals surface area (Å²) in [6.45, 7) is 1.97. The highest BCUT2D eigenvalue weighted by molar-refractivity contribution is 6.07. The number of carbonyl (C=O) groups is 1. The molecule has 0 fully saturated rings. The van der Waals surface area contributed by atoms with Crippen molar-refractivity contribution in [3.8, 4) is 0 Å². The van der Waals surface area contributed by atoms with Crippen molar-refractivity contribution in [3.05, 3.63) is 77.6 Å². The molecule has 4 rings (SSSR count). The molecule has 1 aliphatic heterocycles. The minimum Gasteiger partial charge on any atom is -0.324 e. The summed E-state index contributed by atoms with van der Waals surface area (Å²) in [5, 5.41) is 2.73. The quantitative estimate of drug-likeness (QED) is 0.687. The summed E-state index contributed by atoms with van der Waals surface area (Å²) in [4.78, 5) is 22.8. The molecule has 0 spiro atoms. The number of hydrogen-bond acceptors (Lipinski definition) is 4. The molecule has 1 atom stereocenters. The Morgan fingerprint density at radius 3 is 2.55 bits per heavy atom. The predicted octanol–water partition coefficient (Wildman–Crippen LogP) is 4.83. The van der Waals surface area contributed by atoms with Crippen LogP contribution in [-0.2, 0) is 12.6 Å². The van der Waals surface area contributed by atoms with Crippen LogP contribution in [0, 0.1) is 0 Å². The van der Waals surface area contributed by atoms with E-state index in [0.717, 1.165) is 29.8 Å². The second-order valence-electron chi connectivity index (χ2n) is 6.86. The van der Waals surface area contributed by atoms with Gasteiger partial charge in [-0.3, -0.25) is 4.79 Å². The van der Waals surface area contributed by atoms with Gasteiger partial charge in [0.05, 0.1) is 11.1 Å². The summed E-state index contributed by atoms with van der Waals surface area (Å²) < 4.78 is 38.5. The number of aromatic nitrogens is 2. The van der Waals surface area contributed by atoms with Gasteiger partial charge < -0.3 is 10.2 Å². The van der Waals surface area contributed by atoms with Crippen molar-refractivity contribution in [2.45, 2.75) is 25.6 Å². The number of rotatable bonds is 3. The van der Waals surface area contributed by atoms with Gasteiger partial charge in [0.1, 0.15) is 0 Å². The van der Waals surface area contributed by atoms with Crippen molar-refractivity contribution in [2.24, 2.45) is 0 Å². The standard InChI is InChI=1S/C21H17F3N4O/c1-13-9-14-5-2-3-8-18(14)28(13)19(29)15-11-25-20(26-12-15)27-17-7-4-6-16(10-17)21(22,23)24/h2-8,10-13H,9H2,1H3,(H,25,26,27). The molecule has 0 aliphatic carbocycles. The SMILES string of the molecule is CC1Cc2ccccc2N1C(=O)c1cnc(Nc2cccc(C(F)(F)F)c2)nc1. The second-order valence-corrected chi connectivity index (χ2v) is 6.86. The van der Waals surface area contributed by atoms with Crippen LogP contribution in [0.15, 0.2) is 60.9 Å². The zero-order valence-corrected chi connectivity index (χ0v) is 15.4. The summed E-state index contributed by atoms with van der Waals surface area (Å²) in [6, 6.07) is 12.5. The summed E-state index contributed by atoms with van der Waals surface area (Å²) in [6.07, 6.45) is -0.909. The molecule has 0 bridgehead atoms. The molecular weight excluding hydrogens is 381 g/mol. The lowest BCUT2D eigenvalue weighted by atomic mass is 10.1. The van der Waals surface area contributed by atoms with Crippen LogP contribution in [0.25, 0.3) is 0 Å². The van der Waals surface area contributed by atoms with E-state index in [-0.39, 0.29) is 23.6 Å². The number of hydrogen-bond donors (Lipinski definition) is 1. The third kappa shape index (κ3) is 3.78. The Kier molecular flexibility index (Phi) is 4.70. The monoisotopic (exact) mass is 398 g/mol. The number of benzene rings is 2. The molecule has 148 valence electrons. The van der Waals surface area contributed by atoms with Crippen molar-refractivity contribution in [1.29, 1.82) is 0 Å². The maximum absolute atomic E-state index is 12.9. The van der Waals surface area contributed by atoms with Crippen LogP contribution < -0.4 is 10.2 Å². The number of anilines is 3. The fraction of sp³-hybridized carbons (Fsp3) is 0.190. The molecular formula is C21H17F3N4O. The van der Waals surface area contributed by atoms with Gasteiger partial charge in [0.25, 0.3) is 5.91 Å². The first-order chi connectivity index (χ1) is 13.8. The first-order valence-electron chi connectivity index (χ1n) is 9.01. The lowest BCUT2D eigenvalue weighted by molar-refractivity contribution is -0.137. The molecule has 29 heavy (non-hydrogen) atoms. The zero-order chi connectivity index (χ0) is 20.6. The van der Waals surface area contributed by atoms with Crippen molar-refractivity contribution < 1.29 is 18.0 Å². The smallest absolute Gasteiger partial charge is 0.324 e. The molecule has 1 unspecified atom stereocenters. The highest BCUT2D eigenvalue weighted by Gasteiger charge is 2.32. The van der Waals surface area contributed by atoms with Gasteiger partial charge in [-0.05, 0) is 43.2 Å². The number of fused-ring (bicyclic) bond motifs is 1. The highest BCUT2D eigenvalue weighted by Crippen LogP contribution is 2.33. The van der Waals surface area contributed by atoms with Gasteiger partial charge in [-0.15, -0.1) is 0 Å². The van der Waals surface area contributed by atoms with E-state index in [1.807, 2.05) is 31.2 Å². The van der Waals surface area contributed by atoms with Gasteiger partial charge in [-0.1, -0.05) is 24.3 Å². The van der Waals surface area contributed by atoms with Crippen LogP contribution in [0.5, 0.6) is 0 Å². The third-order valence-corrected chi connectivity index (χ3v) is 4.77. The molecule has 8 heteroatoms. The van der Waals surface area contributed by atoms with Crippen LogP contribution >= 0.6 is 0 Å². The predicted molar refractivity (Wildman–Crippen MR) is 103 cm³/mol. The Hall–Kier alpha value is -3.42. The Morgan fingerprint density at radius 2 is 1.83 bits per heavy atom. The topological polar surface area (TPSA) is 58.1 Å². The Morgan fingerprint density at radius 1 is 1.10 bits per heavy atom. The Balaban J connectivity index is 1.52. The van der Waals surface area contributed by atoms with Crippen molar-refractivity contribution >= 4 is 23.2 Å². The van der Waals surface area contributed by atoms with Gasteiger partial charge in [0, 0.05) is 29.8 Å². The number of carbonyl (C=O) groups excluding carboxylic acids is 1. The number of alkyl halides is 3. The van der Waals surface area contributed by atoms with E-state index < -0.39 is 11.7 Å². The van der Waals surface area contributed by atoms with E-state index in [0.29, 0.717) is 5.56 Å². The van der Waals surface area contributed by atoms with E-state index in [1.165, 1.54) is 24.5 Å². The molecule has 0 radical (unpaired) electrons. The maximum atomic E-state index is 12.9. The molecule has 3 aromatic rings. The van der Waals surface area contributed by atoms with E-state index in [9.17, 15) is 18.0 Å². The summed E-state index contributed by atoms with van der Waals surface area (Å²) in [7, 11) is 0. The number of amides is 1. The first kappa shape index (κ1) is 18.9. The second kappa shape index (κ2) is 7.20. The fourth-order valence-electron chi connectivity index (χ4n) is 3.42. The number of para-hydroxylation sites is 1. The van der Waals surface area contributed by atoms with Gasteiger partial charge >= 0.3 is 6.18 Å². The summed E-state index contributed by atoms with van der Waals surface area (Å²) in [5.41, 5.74) is 1.73. The summed E-state index contributed by atoms with van der Waals surface area (Å²) >= 11 is 0. The molecule has 0 saturated heterocycles. The molecule has 1 N–H and O–H groups in total.